The number of hydrogen-bond donors (Lipinski definition) is 0. The van der Waals surface area contributed by atoms with Gasteiger partial charge in [0.25, 0.3) is 0 Å². The highest BCUT2D eigenvalue weighted by atomic mass is 15.0. The number of hydrogen-bond acceptors (Lipinski definition) is 1. The van der Waals surface area contributed by atoms with Gasteiger partial charge in [-0.15, -0.1) is 0 Å². The van der Waals surface area contributed by atoms with Crippen molar-refractivity contribution in [1.29, 1.82) is 0 Å². The van der Waals surface area contributed by atoms with Crippen LogP contribution in [0, 0.1) is 6.57 Å². The van der Waals surface area contributed by atoms with Gasteiger partial charge in [-0.3, -0.25) is 0 Å². The molecule has 0 amide bonds. The Morgan fingerprint density at radius 1 is 0.489 bits per heavy atom. The molecule has 0 radical (unpaired) electrons. The summed E-state index contributed by atoms with van der Waals surface area (Å²) in [6.45, 7) is 7.61. The number of rotatable bonds is 3. The van der Waals surface area contributed by atoms with Crippen LogP contribution in [0.2, 0.25) is 0 Å². The second-order valence-electron chi connectivity index (χ2n) is 11.5. The van der Waals surface area contributed by atoms with E-state index >= 15 is 0 Å². The molecule has 0 bridgehead atoms. The lowest BCUT2D eigenvalue weighted by Crippen LogP contribution is -1.93. The molecule has 0 saturated carbocycles. The summed E-state index contributed by atoms with van der Waals surface area (Å²) in [5, 5.41) is 6.95. The third-order valence-corrected chi connectivity index (χ3v) is 8.93. The summed E-state index contributed by atoms with van der Waals surface area (Å²) in [7, 11) is 0. The fraction of sp³-hybridized carbons (Fsp3) is 0. The summed E-state index contributed by atoms with van der Waals surface area (Å²) in [6, 6.07) is 53.4. The quantitative estimate of drug-likeness (QED) is 0.117. The third kappa shape index (κ3) is 4.01. The van der Waals surface area contributed by atoms with E-state index in [-0.39, 0.29) is 0 Å². The van der Waals surface area contributed by atoms with Crippen LogP contribution in [0.1, 0.15) is 0 Å². The molecule has 0 N–H and O–H groups in total. The number of fused-ring (bicyclic) bond motifs is 7. The topological polar surface area (TPSA) is 22.2 Å². The van der Waals surface area contributed by atoms with Gasteiger partial charge in [0.1, 0.15) is 0 Å². The SMILES string of the molecule is [C-]#[N+]c1ccc2c3cc(-c4cccc(-c5cc6cc7ccccc7nc6c6ccccc56)c4)ccc3n(-c3ccccc3)c2c1. The van der Waals surface area contributed by atoms with Crippen molar-refractivity contribution >= 4 is 60.1 Å². The first-order chi connectivity index (χ1) is 22.2. The maximum Gasteiger partial charge on any atom is 0.189 e. The number of benzene rings is 7. The van der Waals surface area contributed by atoms with Gasteiger partial charge in [0.2, 0.25) is 0 Å². The van der Waals surface area contributed by atoms with E-state index in [2.05, 4.69) is 137 Å². The van der Waals surface area contributed by atoms with Crippen molar-refractivity contribution in [2.75, 3.05) is 0 Å². The molecule has 0 aliphatic carbocycles. The fourth-order valence-electron chi connectivity index (χ4n) is 6.83. The van der Waals surface area contributed by atoms with Crippen LogP contribution in [-0.2, 0) is 0 Å². The van der Waals surface area contributed by atoms with Gasteiger partial charge in [0.15, 0.2) is 5.69 Å². The zero-order chi connectivity index (χ0) is 29.9. The number of aromatic nitrogens is 2. The van der Waals surface area contributed by atoms with E-state index < -0.39 is 0 Å². The Bertz CT molecular complexity index is 2660. The molecule has 3 nitrogen and oxygen atoms in total. The van der Waals surface area contributed by atoms with Crippen LogP contribution in [0.25, 0.3) is 87.2 Å². The van der Waals surface area contributed by atoms with Crippen LogP contribution < -0.4 is 0 Å². The largest absolute Gasteiger partial charge is 0.311 e. The second-order valence-corrected chi connectivity index (χ2v) is 11.5. The first kappa shape index (κ1) is 25.3. The maximum atomic E-state index is 7.61. The van der Waals surface area contributed by atoms with E-state index in [0.717, 1.165) is 60.4 Å². The summed E-state index contributed by atoms with van der Waals surface area (Å²) in [5.41, 5.74) is 10.6. The Balaban J connectivity index is 1.24. The van der Waals surface area contributed by atoms with Gasteiger partial charge in [-0.1, -0.05) is 97.1 Å². The van der Waals surface area contributed by atoms with E-state index in [1.807, 2.05) is 24.3 Å². The molecular formula is C42H25N3. The minimum Gasteiger partial charge on any atom is -0.311 e. The van der Waals surface area contributed by atoms with E-state index in [1.54, 1.807) is 0 Å². The van der Waals surface area contributed by atoms with Crippen molar-refractivity contribution in [3.63, 3.8) is 0 Å². The monoisotopic (exact) mass is 571 g/mol. The second kappa shape index (κ2) is 9.91. The molecule has 0 saturated heterocycles. The van der Waals surface area contributed by atoms with Gasteiger partial charge in [0.05, 0.1) is 23.1 Å². The average Bonchev–Trinajstić information content (AvgIpc) is 3.43. The molecule has 0 spiro atoms. The Hall–Kier alpha value is -6.24. The zero-order valence-corrected chi connectivity index (χ0v) is 24.3. The molecule has 7 aromatic carbocycles. The van der Waals surface area contributed by atoms with Crippen molar-refractivity contribution in [1.82, 2.24) is 9.55 Å². The van der Waals surface area contributed by atoms with Crippen molar-refractivity contribution in [3.8, 4) is 27.9 Å². The van der Waals surface area contributed by atoms with Crippen LogP contribution in [-0.4, -0.2) is 9.55 Å². The summed E-state index contributed by atoms with van der Waals surface area (Å²) in [6.07, 6.45) is 0. The van der Waals surface area contributed by atoms with Crippen LogP contribution in [0.5, 0.6) is 0 Å². The van der Waals surface area contributed by atoms with Crippen molar-refractivity contribution in [2.45, 2.75) is 0 Å². The van der Waals surface area contributed by atoms with E-state index in [0.29, 0.717) is 5.69 Å². The lowest BCUT2D eigenvalue weighted by molar-refractivity contribution is 1.18. The molecule has 9 rings (SSSR count). The molecule has 9 aromatic rings. The zero-order valence-electron chi connectivity index (χ0n) is 24.3. The molecule has 2 aromatic heterocycles. The summed E-state index contributed by atoms with van der Waals surface area (Å²) >= 11 is 0. The fourth-order valence-corrected chi connectivity index (χ4v) is 6.83. The van der Waals surface area contributed by atoms with Gasteiger partial charge in [0, 0.05) is 38.1 Å². The summed E-state index contributed by atoms with van der Waals surface area (Å²) in [4.78, 5) is 8.79. The molecule has 45 heavy (non-hydrogen) atoms. The predicted molar refractivity (Wildman–Crippen MR) is 188 cm³/mol. The highest BCUT2D eigenvalue weighted by Gasteiger charge is 2.15. The van der Waals surface area contributed by atoms with Gasteiger partial charge >= 0.3 is 0 Å². The Labute approximate surface area is 260 Å². The van der Waals surface area contributed by atoms with Crippen LogP contribution in [0.3, 0.4) is 0 Å². The van der Waals surface area contributed by atoms with Crippen LogP contribution in [0.4, 0.5) is 5.69 Å². The normalized spacial score (nSPS) is 11.5. The van der Waals surface area contributed by atoms with E-state index in [1.165, 1.54) is 21.9 Å². The highest BCUT2D eigenvalue weighted by molar-refractivity contribution is 6.15. The lowest BCUT2D eigenvalue weighted by Gasteiger charge is -2.13. The van der Waals surface area contributed by atoms with Crippen molar-refractivity contribution in [3.05, 3.63) is 163 Å². The molecule has 0 atom stereocenters. The minimum absolute atomic E-state index is 0.640. The average molecular weight is 572 g/mol. The molecule has 0 fully saturated rings. The third-order valence-electron chi connectivity index (χ3n) is 8.93. The van der Waals surface area contributed by atoms with Gasteiger partial charge < -0.3 is 4.57 Å². The Morgan fingerprint density at radius 2 is 1.27 bits per heavy atom. The molecular weight excluding hydrogens is 546 g/mol. The Morgan fingerprint density at radius 3 is 2.16 bits per heavy atom. The van der Waals surface area contributed by atoms with Gasteiger partial charge in [-0.2, -0.15) is 0 Å². The molecule has 2 heterocycles. The Kier molecular flexibility index (Phi) is 5.57. The lowest BCUT2D eigenvalue weighted by atomic mass is 9.92. The maximum absolute atomic E-state index is 7.61. The highest BCUT2D eigenvalue weighted by Crippen LogP contribution is 2.39. The molecule has 3 heteroatoms. The smallest absolute Gasteiger partial charge is 0.189 e. The standard InChI is InChI=1S/C42H25N3/c1-43-32-19-20-35-38-24-28(18-21-40(38)45(41(35)26-32)33-13-3-2-4-14-33)27-11-9-12-29(22-27)37-25-31-23-30-10-5-8-17-39(30)44-42(31)36-16-7-6-15-34(36)37/h2-26H. The van der Waals surface area contributed by atoms with Crippen molar-refractivity contribution in [2.24, 2.45) is 0 Å². The molecule has 208 valence electrons. The summed E-state index contributed by atoms with van der Waals surface area (Å²) < 4.78 is 2.26. The summed E-state index contributed by atoms with van der Waals surface area (Å²) in [5.74, 6) is 0. The minimum atomic E-state index is 0.640. The van der Waals surface area contributed by atoms with Crippen molar-refractivity contribution < 1.29 is 0 Å². The van der Waals surface area contributed by atoms with Crippen LogP contribution >= 0.6 is 0 Å². The van der Waals surface area contributed by atoms with Gasteiger partial charge in [-0.25, -0.2) is 9.83 Å². The molecule has 0 unspecified atom stereocenters. The first-order valence-electron chi connectivity index (χ1n) is 15.1. The number of nitrogens with zero attached hydrogens (tertiary/aromatic N) is 3. The van der Waals surface area contributed by atoms with E-state index in [9.17, 15) is 0 Å². The first-order valence-corrected chi connectivity index (χ1v) is 15.1. The number of para-hydroxylation sites is 2. The van der Waals surface area contributed by atoms with E-state index in [4.69, 9.17) is 11.6 Å². The molecule has 0 aliphatic heterocycles. The van der Waals surface area contributed by atoms with Gasteiger partial charge in [-0.05, 0) is 82.2 Å². The predicted octanol–water partition coefficient (Wildman–Crippen LogP) is 11.5. The van der Waals surface area contributed by atoms with Crippen LogP contribution in [0.15, 0.2) is 152 Å². The number of pyridine rings is 1. The molecule has 0 aliphatic rings.